The van der Waals surface area contributed by atoms with E-state index < -0.39 is 17.3 Å². The third-order valence-electron chi connectivity index (χ3n) is 4.59. The molecule has 1 N–H and O–H groups in total. The van der Waals surface area contributed by atoms with Crippen LogP contribution in [0.2, 0.25) is 0 Å². The maximum Gasteiger partial charge on any atom is 0.417 e. The van der Waals surface area contributed by atoms with Crippen molar-refractivity contribution in [1.29, 1.82) is 5.26 Å². The van der Waals surface area contributed by atoms with E-state index in [9.17, 15) is 18.4 Å². The average Bonchev–Trinajstić information content (AvgIpc) is 3.12. The second kappa shape index (κ2) is 7.59. The molecule has 0 aliphatic rings. The molecular formula is C22H17F3N4O. The van der Waals surface area contributed by atoms with Crippen LogP contribution in [-0.4, -0.2) is 16.0 Å². The molecule has 2 aromatic heterocycles. The first-order chi connectivity index (χ1) is 14.4. The normalized spacial score (nSPS) is 11.6. The van der Waals surface area contributed by atoms with Crippen LogP contribution in [0.1, 0.15) is 24.5 Å². The number of fused-ring (bicyclic) bond motifs is 3. The van der Waals surface area contributed by atoms with Crippen molar-refractivity contribution in [1.82, 2.24) is 9.38 Å². The highest BCUT2D eigenvalue weighted by Gasteiger charge is 2.36. The number of imidazole rings is 1. The van der Waals surface area contributed by atoms with Gasteiger partial charge in [-0.1, -0.05) is 19.1 Å². The van der Waals surface area contributed by atoms with Crippen molar-refractivity contribution in [3.63, 3.8) is 0 Å². The lowest BCUT2D eigenvalue weighted by atomic mass is 10.1. The SMILES string of the molecule is CCCOc1ccc(Nc2cc(C(F)(F)F)c(C#N)c3nc4ccccc4n23)cc1. The minimum atomic E-state index is -4.70. The monoisotopic (exact) mass is 410 g/mol. The van der Waals surface area contributed by atoms with E-state index in [1.165, 1.54) is 4.40 Å². The highest BCUT2D eigenvalue weighted by molar-refractivity contribution is 5.86. The van der Waals surface area contributed by atoms with Gasteiger partial charge < -0.3 is 10.1 Å². The Labute approximate surface area is 170 Å². The second-order valence-electron chi connectivity index (χ2n) is 6.69. The van der Waals surface area contributed by atoms with Crippen LogP contribution in [0.5, 0.6) is 5.75 Å². The molecule has 5 nitrogen and oxygen atoms in total. The summed E-state index contributed by atoms with van der Waals surface area (Å²) >= 11 is 0. The molecule has 0 fully saturated rings. The molecular weight excluding hydrogens is 393 g/mol. The predicted molar refractivity (Wildman–Crippen MR) is 108 cm³/mol. The molecule has 0 saturated carbocycles. The Morgan fingerprint density at radius 1 is 1.13 bits per heavy atom. The summed E-state index contributed by atoms with van der Waals surface area (Å²) in [5, 5.41) is 12.5. The second-order valence-corrected chi connectivity index (χ2v) is 6.69. The third kappa shape index (κ3) is 3.50. The molecule has 0 aliphatic carbocycles. The van der Waals surface area contributed by atoms with Crippen LogP contribution in [-0.2, 0) is 6.18 Å². The Morgan fingerprint density at radius 3 is 2.53 bits per heavy atom. The number of benzene rings is 2. The zero-order chi connectivity index (χ0) is 21.3. The van der Waals surface area contributed by atoms with Gasteiger partial charge in [-0.2, -0.15) is 18.4 Å². The molecule has 4 rings (SSSR count). The smallest absolute Gasteiger partial charge is 0.417 e. The van der Waals surface area contributed by atoms with Crippen LogP contribution >= 0.6 is 0 Å². The maximum atomic E-state index is 13.7. The molecule has 2 heterocycles. The predicted octanol–water partition coefficient (Wildman–Crippen LogP) is 5.91. The lowest BCUT2D eigenvalue weighted by Gasteiger charge is -2.16. The van der Waals surface area contributed by atoms with Crippen molar-refractivity contribution >= 4 is 28.2 Å². The molecule has 0 atom stereocenters. The summed E-state index contributed by atoms with van der Waals surface area (Å²) in [6.45, 7) is 2.58. The fourth-order valence-corrected chi connectivity index (χ4v) is 3.26. The van der Waals surface area contributed by atoms with Gasteiger partial charge in [-0.3, -0.25) is 4.40 Å². The number of pyridine rings is 1. The molecule has 0 unspecified atom stereocenters. The molecule has 0 saturated heterocycles. The minimum Gasteiger partial charge on any atom is -0.494 e. The van der Waals surface area contributed by atoms with Crippen molar-refractivity contribution < 1.29 is 17.9 Å². The molecule has 0 radical (unpaired) electrons. The molecule has 4 aromatic rings. The van der Waals surface area contributed by atoms with Crippen molar-refractivity contribution in [2.75, 3.05) is 11.9 Å². The number of alkyl halides is 3. The summed E-state index contributed by atoms with van der Waals surface area (Å²) in [6, 6.07) is 16.5. The van der Waals surface area contributed by atoms with Crippen LogP contribution in [0.3, 0.4) is 0 Å². The lowest BCUT2D eigenvalue weighted by Crippen LogP contribution is -2.12. The first-order valence-corrected chi connectivity index (χ1v) is 9.33. The van der Waals surface area contributed by atoms with Crippen LogP contribution < -0.4 is 10.1 Å². The topological polar surface area (TPSA) is 62.3 Å². The lowest BCUT2D eigenvalue weighted by molar-refractivity contribution is -0.137. The van der Waals surface area contributed by atoms with Gasteiger partial charge in [0.2, 0.25) is 0 Å². The number of halogens is 3. The largest absolute Gasteiger partial charge is 0.494 e. The molecule has 0 amide bonds. The summed E-state index contributed by atoms with van der Waals surface area (Å²) in [7, 11) is 0. The zero-order valence-electron chi connectivity index (χ0n) is 16.0. The maximum absolute atomic E-state index is 13.7. The molecule has 0 aliphatic heterocycles. The van der Waals surface area contributed by atoms with Gasteiger partial charge in [-0.05, 0) is 48.9 Å². The van der Waals surface area contributed by atoms with Gasteiger partial charge in [0.1, 0.15) is 23.2 Å². The van der Waals surface area contributed by atoms with Crippen molar-refractivity contribution in [3.05, 3.63) is 65.7 Å². The van der Waals surface area contributed by atoms with Crippen LogP contribution in [0.4, 0.5) is 24.7 Å². The fourth-order valence-electron chi connectivity index (χ4n) is 3.26. The number of aromatic nitrogens is 2. The highest BCUT2D eigenvalue weighted by atomic mass is 19.4. The molecule has 152 valence electrons. The highest BCUT2D eigenvalue weighted by Crippen LogP contribution is 2.37. The third-order valence-corrected chi connectivity index (χ3v) is 4.59. The van der Waals surface area contributed by atoms with E-state index >= 15 is 0 Å². The van der Waals surface area contributed by atoms with Gasteiger partial charge in [-0.25, -0.2) is 4.98 Å². The number of anilines is 2. The number of ether oxygens (including phenoxy) is 1. The molecule has 8 heteroatoms. The van der Waals surface area contributed by atoms with Gasteiger partial charge in [0.25, 0.3) is 0 Å². The summed E-state index contributed by atoms with van der Waals surface area (Å²) in [4.78, 5) is 4.29. The molecule has 30 heavy (non-hydrogen) atoms. The van der Waals surface area contributed by atoms with Crippen molar-refractivity contribution in [2.45, 2.75) is 19.5 Å². The van der Waals surface area contributed by atoms with Gasteiger partial charge in [0.05, 0.1) is 23.2 Å². The fraction of sp³-hybridized carbons (Fsp3) is 0.182. The summed E-state index contributed by atoms with van der Waals surface area (Å²) in [5.41, 5.74) is 0.100. The summed E-state index contributed by atoms with van der Waals surface area (Å²) in [5.74, 6) is 0.837. The standard InChI is InChI=1S/C22H17F3N4O/c1-2-11-30-15-9-7-14(8-10-15)27-20-12-17(22(23,24)25)16(13-26)21-28-18-5-3-4-6-19(18)29(20)21/h3-10,12,27H,2,11H2,1H3. The van der Waals surface area contributed by atoms with Crippen molar-refractivity contribution in [2.24, 2.45) is 0 Å². The van der Waals surface area contributed by atoms with E-state index in [0.29, 0.717) is 29.1 Å². The van der Waals surface area contributed by atoms with Crippen molar-refractivity contribution in [3.8, 4) is 11.8 Å². The summed E-state index contributed by atoms with van der Waals surface area (Å²) in [6.07, 6.45) is -3.82. The van der Waals surface area contributed by atoms with E-state index in [-0.39, 0.29) is 11.5 Å². The molecule has 0 spiro atoms. The Hall–Kier alpha value is -3.73. The van der Waals surface area contributed by atoms with E-state index in [2.05, 4.69) is 10.3 Å². The number of nitriles is 1. The van der Waals surface area contributed by atoms with E-state index in [4.69, 9.17) is 4.74 Å². The van der Waals surface area contributed by atoms with Crippen LogP contribution in [0.15, 0.2) is 54.6 Å². The number of hydrogen-bond acceptors (Lipinski definition) is 4. The van der Waals surface area contributed by atoms with E-state index in [1.807, 2.05) is 6.92 Å². The van der Waals surface area contributed by atoms with Gasteiger partial charge >= 0.3 is 6.18 Å². The van der Waals surface area contributed by atoms with Gasteiger partial charge in [0.15, 0.2) is 5.65 Å². The van der Waals surface area contributed by atoms with E-state index in [1.54, 1.807) is 54.6 Å². The number of nitrogens with zero attached hydrogens (tertiary/aromatic N) is 3. The molecule has 2 aromatic carbocycles. The van der Waals surface area contributed by atoms with Gasteiger partial charge in [0, 0.05) is 5.69 Å². The Morgan fingerprint density at radius 2 is 1.87 bits per heavy atom. The van der Waals surface area contributed by atoms with Crippen LogP contribution in [0, 0.1) is 11.3 Å². The van der Waals surface area contributed by atoms with E-state index in [0.717, 1.165) is 12.5 Å². The number of rotatable bonds is 5. The molecule has 0 bridgehead atoms. The quantitative estimate of drug-likeness (QED) is 0.444. The first kappa shape index (κ1) is 19.6. The number of para-hydroxylation sites is 2. The zero-order valence-corrected chi connectivity index (χ0v) is 16.0. The first-order valence-electron chi connectivity index (χ1n) is 9.33. The number of nitrogens with one attached hydrogen (secondary N) is 1. The average molecular weight is 410 g/mol. The van der Waals surface area contributed by atoms with Crippen LogP contribution in [0.25, 0.3) is 16.7 Å². The summed E-state index contributed by atoms with van der Waals surface area (Å²) < 4.78 is 48.1. The Balaban J connectivity index is 1.89. The Bertz CT molecular complexity index is 1250. The number of hydrogen-bond donors (Lipinski definition) is 1. The minimum absolute atomic E-state index is 0.0427. The Kier molecular flexibility index (Phi) is 4.96. The van der Waals surface area contributed by atoms with Gasteiger partial charge in [-0.15, -0.1) is 0 Å².